The normalized spacial score (nSPS) is 11.5. The largest absolute Gasteiger partial charge is 0.507 e. The Hall–Kier alpha value is -3.78. The van der Waals surface area contributed by atoms with Gasteiger partial charge in [-0.1, -0.05) is 30.7 Å². The van der Waals surface area contributed by atoms with Gasteiger partial charge in [-0.2, -0.15) is 0 Å². The maximum Gasteiger partial charge on any atom is 0.339 e. The Balaban J connectivity index is 1.68. The molecule has 0 saturated carbocycles. The molecule has 0 spiro atoms. The molecular formula is C25H24N2O5S. The van der Waals surface area contributed by atoms with E-state index in [-0.39, 0.29) is 28.8 Å². The number of anilines is 2. The Morgan fingerprint density at radius 3 is 2.36 bits per heavy atom. The van der Waals surface area contributed by atoms with Crippen LogP contribution in [0.25, 0.3) is 0 Å². The quantitative estimate of drug-likeness (QED) is 0.270. The van der Waals surface area contributed by atoms with Crippen LogP contribution in [-0.4, -0.2) is 33.2 Å². The molecule has 0 radical (unpaired) electrons. The van der Waals surface area contributed by atoms with Crippen molar-refractivity contribution >= 4 is 40.9 Å². The number of nitrogens with one attached hydrogen (secondary N) is 2. The van der Waals surface area contributed by atoms with Crippen molar-refractivity contribution in [1.82, 2.24) is 0 Å². The van der Waals surface area contributed by atoms with Gasteiger partial charge in [-0.05, 0) is 61.9 Å². The monoisotopic (exact) mass is 464 g/mol. The average Bonchev–Trinajstić information content (AvgIpc) is 2.78. The van der Waals surface area contributed by atoms with E-state index in [0.29, 0.717) is 17.7 Å². The Bertz CT molecular complexity index is 1190. The number of phenols is 1. The molecule has 8 heteroatoms. The van der Waals surface area contributed by atoms with Crippen molar-refractivity contribution in [1.29, 1.82) is 0 Å². The van der Waals surface area contributed by atoms with E-state index in [1.165, 1.54) is 30.0 Å². The smallest absolute Gasteiger partial charge is 0.339 e. The maximum absolute atomic E-state index is 12.8. The second-order valence-electron chi connectivity index (χ2n) is 7.39. The first-order valence-electron chi connectivity index (χ1n) is 10.3. The number of aryl methyl sites for hydroxylation is 1. The Morgan fingerprint density at radius 1 is 0.939 bits per heavy atom. The summed E-state index contributed by atoms with van der Waals surface area (Å²) in [7, 11) is 0. The maximum atomic E-state index is 12.8. The molecule has 170 valence electrons. The molecule has 0 aromatic heterocycles. The fourth-order valence-electron chi connectivity index (χ4n) is 3.13. The van der Waals surface area contributed by atoms with Crippen LogP contribution in [0.3, 0.4) is 0 Å². The van der Waals surface area contributed by atoms with Crippen LogP contribution in [0, 0.1) is 6.92 Å². The van der Waals surface area contributed by atoms with Crippen LogP contribution in [0.15, 0.2) is 71.6 Å². The topological polar surface area (TPSA) is 116 Å². The third-order valence-electron chi connectivity index (χ3n) is 4.81. The number of hydrogen-bond acceptors (Lipinski definition) is 5. The Morgan fingerprint density at radius 2 is 1.67 bits per heavy atom. The highest BCUT2D eigenvalue weighted by atomic mass is 32.2. The van der Waals surface area contributed by atoms with Crippen molar-refractivity contribution in [3.05, 3.63) is 83.4 Å². The van der Waals surface area contributed by atoms with Crippen molar-refractivity contribution < 1.29 is 24.6 Å². The molecular weight excluding hydrogens is 440 g/mol. The molecule has 3 aromatic carbocycles. The number of aromatic carboxylic acids is 1. The highest BCUT2D eigenvalue weighted by molar-refractivity contribution is 8.00. The number of carbonyl (C=O) groups is 3. The predicted octanol–water partition coefficient (Wildman–Crippen LogP) is 5.16. The lowest BCUT2D eigenvalue weighted by Crippen LogP contribution is -2.24. The molecule has 3 rings (SSSR count). The van der Waals surface area contributed by atoms with Crippen LogP contribution in [-0.2, 0) is 4.79 Å². The number of hydrogen-bond donors (Lipinski definition) is 4. The van der Waals surface area contributed by atoms with Crippen LogP contribution < -0.4 is 10.6 Å². The standard InChI is InChI=1S/C25H24N2O5S/c1-3-22(24(30)27-18-10-11-21(28)20(14-18)25(31)32)33-19-9-5-8-17(13-19)26-23(29)16-7-4-6-15(2)12-16/h4-14,22,28H,3H2,1-2H3,(H,26,29)(H,27,30)(H,31,32). The van der Waals surface area contributed by atoms with Gasteiger partial charge in [0.1, 0.15) is 11.3 Å². The van der Waals surface area contributed by atoms with Crippen molar-refractivity contribution in [2.24, 2.45) is 0 Å². The average molecular weight is 465 g/mol. The number of benzene rings is 3. The number of rotatable bonds is 8. The zero-order valence-corrected chi connectivity index (χ0v) is 19.0. The summed E-state index contributed by atoms with van der Waals surface area (Å²) < 4.78 is 0. The van der Waals surface area contributed by atoms with Crippen LogP contribution in [0.5, 0.6) is 5.75 Å². The third kappa shape index (κ3) is 6.36. The van der Waals surface area contributed by atoms with E-state index in [9.17, 15) is 19.5 Å². The van der Waals surface area contributed by atoms with Gasteiger partial charge < -0.3 is 20.8 Å². The summed E-state index contributed by atoms with van der Waals surface area (Å²) in [5.74, 6) is -2.16. The van der Waals surface area contributed by atoms with Crippen LogP contribution in [0.1, 0.15) is 39.6 Å². The molecule has 2 amide bonds. The zero-order valence-electron chi connectivity index (χ0n) is 18.2. The molecule has 0 aliphatic carbocycles. The van der Waals surface area contributed by atoms with Gasteiger partial charge in [-0.25, -0.2) is 4.79 Å². The van der Waals surface area contributed by atoms with Crippen LogP contribution >= 0.6 is 11.8 Å². The van der Waals surface area contributed by atoms with E-state index < -0.39 is 11.2 Å². The lowest BCUT2D eigenvalue weighted by Gasteiger charge is -2.16. The van der Waals surface area contributed by atoms with Crippen LogP contribution in [0.4, 0.5) is 11.4 Å². The summed E-state index contributed by atoms with van der Waals surface area (Å²) >= 11 is 1.34. The molecule has 0 fully saturated rings. The molecule has 7 nitrogen and oxygen atoms in total. The molecule has 0 bridgehead atoms. The summed E-state index contributed by atoms with van der Waals surface area (Å²) in [6, 6.07) is 18.4. The molecule has 3 aromatic rings. The number of aromatic hydroxyl groups is 1. The second-order valence-corrected chi connectivity index (χ2v) is 8.67. The van der Waals surface area contributed by atoms with Gasteiger partial charge in [0, 0.05) is 21.8 Å². The molecule has 0 heterocycles. The number of carboxylic acids is 1. The minimum Gasteiger partial charge on any atom is -0.507 e. The first-order valence-corrected chi connectivity index (χ1v) is 11.2. The first kappa shape index (κ1) is 23.9. The Kier molecular flexibility index (Phi) is 7.74. The summed E-state index contributed by atoms with van der Waals surface area (Å²) in [6.45, 7) is 3.80. The van der Waals surface area contributed by atoms with Crippen molar-refractivity contribution in [2.75, 3.05) is 10.6 Å². The van der Waals surface area contributed by atoms with Crippen LogP contribution in [0.2, 0.25) is 0 Å². The summed E-state index contributed by atoms with van der Waals surface area (Å²) in [6.07, 6.45) is 0.528. The van der Waals surface area contributed by atoms with E-state index in [1.807, 2.05) is 38.1 Å². The molecule has 4 N–H and O–H groups in total. The van der Waals surface area contributed by atoms with Crippen molar-refractivity contribution in [3.8, 4) is 5.75 Å². The first-order chi connectivity index (χ1) is 15.8. The highest BCUT2D eigenvalue weighted by Crippen LogP contribution is 2.29. The number of amides is 2. The van der Waals surface area contributed by atoms with E-state index in [1.54, 1.807) is 24.3 Å². The predicted molar refractivity (Wildman–Crippen MR) is 129 cm³/mol. The Labute approximate surface area is 195 Å². The van der Waals surface area contributed by atoms with E-state index in [2.05, 4.69) is 10.6 Å². The number of thioether (sulfide) groups is 1. The molecule has 0 aliphatic heterocycles. The summed E-state index contributed by atoms with van der Waals surface area (Å²) in [5.41, 5.74) is 2.17. The fourth-order valence-corrected chi connectivity index (χ4v) is 4.14. The number of carbonyl (C=O) groups excluding carboxylic acids is 2. The SMILES string of the molecule is CCC(Sc1cccc(NC(=O)c2cccc(C)c2)c1)C(=O)Nc1ccc(O)c(C(=O)O)c1. The van der Waals surface area contributed by atoms with E-state index >= 15 is 0 Å². The second kappa shape index (κ2) is 10.7. The molecule has 0 saturated heterocycles. The number of carboxylic acid groups (broad SMARTS) is 1. The lowest BCUT2D eigenvalue weighted by molar-refractivity contribution is -0.115. The van der Waals surface area contributed by atoms with Crippen molar-refractivity contribution in [2.45, 2.75) is 30.4 Å². The molecule has 33 heavy (non-hydrogen) atoms. The van der Waals surface area contributed by atoms with E-state index in [0.717, 1.165) is 10.5 Å². The lowest BCUT2D eigenvalue weighted by atomic mass is 10.1. The van der Waals surface area contributed by atoms with Gasteiger partial charge >= 0.3 is 5.97 Å². The molecule has 1 unspecified atom stereocenters. The molecule has 1 atom stereocenters. The van der Waals surface area contributed by atoms with Gasteiger partial charge in [0.2, 0.25) is 5.91 Å². The molecule has 0 aliphatic rings. The van der Waals surface area contributed by atoms with E-state index in [4.69, 9.17) is 5.11 Å². The summed E-state index contributed by atoms with van der Waals surface area (Å²) in [4.78, 5) is 37.3. The fraction of sp³-hybridized carbons (Fsp3) is 0.160. The minimum atomic E-state index is -1.28. The van der Waals surface area contributed by atoms with Gasteiger partial charge in [0.25, 0.3) is 5.91 Å². The van der Waals surface area contributed by atoms with Gasteiger partial charge in [-0.3, -0.25) is 9.59 Å². The van der Waals surface area contributed by atoms with Gasteiger partial charge in [0.05, 0.1) is 5.25 Å². The van der Waals surface area contributed by atoms with Gasteiger partial charge in [-0.15, -0.1) is 11.8 Å². The van der Waals surface area contributed by atoms with Crippen molar-refractivity contribution in [3.63, 3.8) is 0 Å². The van der Waals surface area contributed by atoms with Gasteiger partial charge in [0.15, 0.2) is 0 Å². The highest BCUT2D eigenvalue weighted by Gasteiger charge is 2.20. The minimum absolute atomic E-state index is 0.216. The zero-order chi connectivity index (χ0) is 24.0. The third-order valence-corrected chi connectivity index (χ3v) is 6.17. The summed E-state index contributed by atoms with van der Waals surface area (Å²) in [5, 5.41) is 23.9.